The van der Waals surface area contributed by atoms with Crippen molar-refractivity contribution < 1.29 is 0 Å². The van der Waals surface area contributed by atoms with E-state index in [1.54, 1.807) is 11.3 Å². The van der Waals surface area contributed by atoms with E-state index in [0.29, 0.717) is 5.69 Å². The molecule has 0 radical (unpaired) electrons. The smallest absolute Gasteiger partial charge is 0.222 e. The molecule has 0 unspecified atom stereocenters. The Morgan fingerprint density at radius 1 is 0.952 bits per heavy atom. The lowest BCUT2D eigenvalue weighted by atomic mass is 10.0. The van der Waals surface area contributed by atoms with Gasteiger partial charge >= 0.3 is 0 Å². The minimum Gasteiger partial charge on any atom is -0.382 e. The summed E-state index contributed by atoms with van der Waals surface area (Å²) in [4.78, 5) is 7.95. The number of nitrogen functional groups attached to an aromatic ring is 2. The summed E-state index contributed by atoms with van der Waals surface area (Å²) in [6, 6.07) is 11.8. The monoisotopic (exact) mass is 293 g/mol. The van der Waals surface area contributed by atoms with Crippen LogP contribution in [0.25, 0.3) is 22.4 Å². The van der Waals surface area contributed by atoms with Crippen LogP contribution in [-0.4, -0.2) is 9.97 Å². The highest BCUT2D eigenvalue weighted by Gasteiger charge is 2.13. The maximum atomic E-state index is 9.21. The summed E-state index contributed by atoms with van der Waals surface area (Å²) < 4.78 is 0. The summed E-state index contributed by atoms with van der Waals surface area (Å²) >= 11 is 1.65. The first-order valence-corrected chi connectivity index (χ1v) is 7.09. The number of hydrogen-bond acceptors (Lipinski definition) is 6. The van der Waals surface area contributed by atoms with Crippen LogP contribution in [0.2, 0.25) is 0 Å². The van der Waals surface area contributed by atoms with Gasteiger partial charge in [0.25, 0.3) is 0 Å². The average Bonchev–Trinajstić information content (AvgIpc) is 3.01. The zero-order valence-electron chi connectivity index (χ0n) is 10.9. The van der Waals surface area contributed by atoms with Crippen molar-refractivity contribution in [2.45, 2.75) is 0 Å². The summed E-state index contributed by atoms with van der Waals surface area (Å²) in [6.07, 6.45) is 0. The predicted molar refractivity (Wildman–Crippen MR) is 84.3 cm³/mol. The van der Waals surface area contributed by atoms with Crippen molar-refractivity contribution in [3.05, 3.63) is 46.7 Å². The normalized spacial score (nSPS) is 10.2. The molecule has 0 amide bonds. The molecule has 0 aliphatic rings. The molecule has 0 saturated heterocycles. The van der Waals surface area contributed by atoms with Gasteiger partial charge in [-0.15, -0.1) is 0 Å². The first kappa shape index (κ1) is 13.1. The molecule has 3 aromatic rings. The molecule has 102 valence electrons. The van der Waals surface area contributed by atoms with Crippen LogP contribution < -0.4 is 11.5 Å². The van der Waals surface area contributed by atoms with Gasteiger partial charge < -0.3 is 11.5 Å². The zero-order valence-corrected chi connectivity index (χ0v) is 11.8. The predicted octanol–water partition coefficient (Wildman–Crippen LogP) is 2.91. The highest BCUT2D eigenvalue weighted by Crippen LogP contribution is 2.28. The fourth-order valence-corrected chi connectivity index (χ4v) is 2.73. The third-order valence-electron chi connectivity index (χ3n) is 3.08. The molecule has 0 aliphatic carbocycles. The van der Waals surface area contributed by atoms with Gasteiger partial charge in [0.1, 0.15) is 17.5 Å². The summed E-state index contributed by atoms with van der Waals surface area (Å²) in [5, 5.41) is 13.3. The van der Waals surface area contributed by atoms with Crippen molar-refractivity contribution in [2.75, 3.05) is 11.5 Å². The van der Waals surface area contributed by atoms with E-state index in [9.17, 15) is 5.26 Å². The number of aromatic nitrogens is 2. The standard InChI is InChI=1S/C15H11N5S/c16-7-12-13(19-15(18)20-14(12)17)10-3-1-9(2-4-10)11-5-6-21-8-11/h1-6,8H,(H4,17,18,19,20). The second-order valence-corrected chi connectivity index (χ2v) is 5.17. The number of nitrogens with zero attached hydrogens (tertiary/aromatic N) is 3. The molecule has 0 spiro atoms. The molecule has 5 nitrogen and oxygen atoms in total. The molecule has 0 fully saturated rings. The molecule has 21 heavy (non-hydrogen) atoms. The third-order valence-corrected chi connectivity index (χ3v) is 3.76. The van der Waals surface area contributed by atoms with Crippen LogP contribution in [0.15, 0.2) is 41.1 Å². The molecule has 0 atom stereocenters. The zero-order chi connectivity index (χ0) is 14.8. The Balaban J connectivity index is 2.08. The van der Waals surface area contributed by atoms with Crippen LogP contribution in [0.4, 0.5) is 11.8 Å². The molecule has 4 N–H and O–H groups in total. The number of nitrogens with two attached hydrogens (primary N) is 2. The number of rotatable bonds is 2. The van der Waals surface area contributed by atoms with Crippen LogP contribution in [0.3, 0.4) is 0 Å². The SMILES string of the molecule is N#Cc1c(N)nc(N)nc1-c1ccc(-c2ccsc2)cc1. The van der Waals surface area contributed by atoms with Gasteiger partial charge in [-0.1, -0.05) is 24.3 Å². The van der Waals surface area contributed by atoms with Gasteiger partial charge in [0.05, 0.1) is 5.69 Å². The summed E-state index contributed by atoms with van der Waals surface area (Å²) in [5.74, 6) is 0.158. The minimum absolute atomic E-state index is 0.0587. The van der Waals surface area contributed by atoms with Crippen molar-refractivity contribution in [1.82, 2.24) is 9.97 Å². The van der Waals surface area contributed by atoms with Crippen LogP contribution in [0.1, 0.15) is 5.56 Å². The molecular weight excluding hydrogens is 282 g/mol. The van der Waals surface area contributed by atoms with E-state index in [-0.39, 0.29) is 17.3 Å². The lowest BCUT2D eigenvalue weighted by Crippen LogP contribution is -2.04. The maximum absolute atomic E-state index is 9.21. The first-order chi connectivity index (χ1) is 10.2. The largest absolute Gasteiger partial charge is 0.382 e. The first-order valence-electron chi connectivity index (χ1n) is 6.15. The third kappa shape index (κ3) is 2.42. The van der Waals surface area contributed by atoms with Gasteiger partial charge in [0.2, 0.25) is 5.95 Å². The molecule has 1 aromatic carbocycles. The quantitative estimate of drug-likeness (QED) is 0.756. The highest BCUT2D eigenvalue weighted by molar-refractivity contribution is 7.08. The summed E-state index contributed by atoms with van der Waals surface area (Å²) in [6.45, 7) is 0. The molecule has 0 bridgehead atoms. The van der Waals surface area contributed by atoms with Gasteiger partial charge in [0.15, 0.2) is 0 Å². The lowest BCUT2D eigenvalue weighted by molar-refractivity contribution is 1.18. The lowest BCUT2D eigenvalue weighted by Gasteiger charge is -2.07. The highest BCUT2D eigenvalue weighted by atomic mass is 32.1. The second kappa shape index (κ2) is 5.23. The second-order valence-electron chi connectivity index (χ2n) is 4.39. The van der Waals surface area contributed by atoms with Gasteiger partial charge in [-0.2, -0.15) is 21.6 Å². The van der Waals surface area contributed by atoms with E-state index >= 15 is 0 Å². The van der Waals surface area contributed by atoms with E-state index in [2.05, 4.69) is 21.4 Å². The number of nitriles is 1. The van der Waals surface area contributed by atoms with Crippen molar-refractivity contribution in [3.8, 4) is 28.5 Å². The summed E-state index contributed by atoms with van der Waals surface area (Å²) in [5.41, 5.74) is 15.1. The minimum atomic E-state index is 0.0587. The fraction of sp³-hybridized carbons (Fsp3) is 0. The Labute approximate surface area is 125 Å². The molecule has 6 heteroatoms. The van der Waals surface area contributed by atoms with E-state index in [1.165, 1.54) is 0 Å². The fourth-order valence-electron chi connectivity index (χ4n) is 2.06. The Kier molecular flexibility index (Phi) is 3.26. The van der Waals surface area contributed by atoms with Crippen LogP contribution in [0.5, 0.6) is 0 Å². The molecule has 0 aliphatic heterocycles. The van der Waals surface area contributed by atoms with E-state index < -0.39 is 0 Å². The topological polar surface area (TPSA) is 102 Å². The molecular formula is C15H11N5S. The Bertz CT molecular complexity index is 817. The molecule has 0 saturated carbocycles. The average molecular weight is 293 g/mol. The van der Waals surface area contributed by atoms with Gasteiger partial charge in [-0.25, -0.2) is 4.98 Å². The Morgan fingerprint density at radius 3 is 2.29 bits per heavy atom. The number of benzene rings is 1. The van der Waals surface area contributed by atoms with Crippen molar-refractivity contribution in [1.29, 1.82) is 5.26 Å². The van der Waals surface area contributed by atoms with E-state index in [4.69, 9.17) is 11.5 Å². The van der Waals surface area contributed by atoms with Crippen LogP contribution in [0, 0.1) is 11.3 Å². The maximum Gasteiger partial charge on any atom is 0.222 e. The Hall–Kier alpha value is -2.91. The van der Waals surface area contributed by atoms with Crippen molar-refractivity contribution >= 4 is 23.1 Å². The van der Waals surface area contributed by atoms with E-state index in [0.717, 1.165) is 16.7 Å². The Morgan fingerprint density at radius 2 is 1.67 bits per heavy atom. The summed E-state index contributed by atoms with van der Waals surface area (Å²) in [7, 11) is 0. The molecule has 2 heterocycles. The van der Waals surface area contributed by atoms with Crippen LogP contribution >= 0.6 is 11.3 Å². The molecule has 3 rings (SSSR count). The van der Waals surface area contributed by atoms with E-state index in [1.807, 2.05) is 35.7 Å². The number of thiophene rings is 1. The number of hydrogen-bond donors (Lipinski definition) is 2. The van der Waals surface area contributed by atoms with Gasteiger partial charge in [0, 0.05) is 5.56 Å². The van der Waals surface area contributed by atoms with Crippen molar-refractivity contribution in [3.63, 3.8) is 0 Å². The molecule has 2 aromatic heterocycles. The number of anilines is 2. The van der Waals surface area contributed by atoms with Crippen molar-refractivity contribution in [2.24, 2.45) is 0 Å². The van der Waals surface area contributed by atoms with Gasteiger partial charge in [-0.3, -0.25) is 0 Å². The van der Waals surface area contributed by atoms with Gasteiger partial charge in [-0.05, 0) is 28.0 Å². The van der Waals surface area contributed by atoms with Crippen LogP contribution in [-0.2, 0) is 0 Å².